The first-order chi connectivity index (χ1) is 5.16. The highest BCUT2D eigenvalue weighted by Gasteiger charge is 2.06. The molecule has 4 heteroatoms. The highest BCUT2D eigenvalue weighted by Crippen LogP contribution is 2.35. The third kappa shape index (κ3) is 1.73. The lowest BCUT2D eigenvalue weighted by Crippen LogP contribution is -1.88. The van der Waals surface area contributed by atoms with Crippen molar-refractivity contribution in [1.82, 2.24) is 0 Å². The summed E-state index contributed by atoms with van der Waals surface area (Å²) in [5.41, 5.74) is 0.779. The van der Waals surface area contributed by atoms with Crippen LogP contribution in [-0.2, 0) is 0 Å². The van der Waals surface area contributed by atoms with Crippen molar-refractivity contribution in [3.05, 3.63) is 27.2 Å². The SMILES string of the molecule is CNc1ccc(Cl)c(Cl)c1Cl. The van der Waals surface area contributed by atoms with Gasteiger partial charge < -0.3 is 5.32 Å². The first kappa shape index (κ1) is 8.98. The Balaban J connectivity index is 3.25. The summed E-state index contributed by atoms with van der Waals surface area (Å²) >= 11 is 17.3. The lowest BCUT2D eigenvalue weighted by atomic mass is 10.3. The number of anilines is 1. The molecule has 1 N–H and O–H groups in total. The Morgan fingerprint density at radius 1 is 1.09 bits per heavy atom. The monoisotopic (exact) mass is 209 g/mol. The largest absolute Gasteiger partial charge is 0.387 e. The van der Waals surface area contributed by atoms with Gasteiger partial charge >= 0.3 is 0 Å². The highest BCUT2D eigenvalue weighted by molar-refractivity contribution is 6.49. The molecule has 0 heterocycles. The Hall–Kier alpha value is -0.110. The van der Waals surface area contributed by atoms with E-state index in [4.69, 9.17) is 34.8 Å². The molecular weight excluding hydrogens is 204 g/mol. The Morgan fingerprint density at radius 3 is 2.27 bits per heavy atom. The van der Waals surface area contributed by atoms with E-state index >= 15 is 0 Å². The molecule has 0 aromatic heterocycles. The van der Waals surface area contributed by atoms with E-state index in [2.05, 4.69) is 5.32 Å². The molecule has 0 aliphatic carbocycles. The van der Waals surface area contributed by atoms with Crippen LogP contribution in [-0.4, -0.2) is 7.05 Å². The van der Waals surface area contributed by atoms with Crippen LogP contribution >= 0.6 is 34.8 Å². The molecule has 0 radical (unpaired) electrons. The van der Waals surface area contributed by atoms with Gasteiger partial charge in [-0.25, -0.2) is 0 Å². The van der Waals surface area contributed by atoms with E-state index < -0.39 is 0 Å². The van der Waals surface area contributed by atoms with Gasteiger partial charge in [0.25, 0.3) is 0 Å². The average Bonchev–Trinajstić information content (AvgIpc) is 2.01. The molecular formula is C7H6Cl3N. The molecule has 0 atom stereocenters. The molecule has 0 aliphatic heterocycles. The summed E-state index contributed by atoms with van der Waals surface area (Å²) < 4.78 is 0. The van der Waals surface area contributed by atoms with Crippen LogP contribution in [0.25, 0.3) is 0 Å². The number of hydrogen-bond acceptors (Lipinski definition) is 1. The van der Waals surface area contributed by atoms with E-state index in [1.165, 1.54) is 0 Å². The number of rotatable bonds is 1. The summed E-state index contributed by atoms with van der Waals surface area (Å²) in [4.78, 5) is 0. The van der Waals surface area contributed by atoms with E-state index in [9.17, 15) is 0 Å². The van der Waals surface area contributed by atoms with E-state index in [0.717, 1.165) is 5.69 Å². The van der Waals surface area contributed by atoms with Gasteiger partial charge in [0.15, 0.2) is 0 Å². The average molecular weight is 210 g/mol. The van der Waals surface area contributed by atoms with E-state index in [1.54, 1.807) is 19.2 Å². The van der Waals surface area contributed by atoms with Gasteiger partial charge in [0.1, 0.15) is 0 Å². The van der Waals surface area contributed by atoms with E-state index in [1.807, 2.05) is 0 Å². The lowest BCUT2D eigenvalue weighted by molar-refractivity contribution is 1.51. The van der Waals surface area contributed by atoms with Crippen LogP contribution in [0, 0.1) is 0 Å². The van der Waals surface area contributed by atoms with Crippen molar-refractivity contribution >= 4 is 40.5 Å². The smallest absolute Gasteiger partial charge is 0.0838 e. The van der Waals surface area contributed by atoms with Gasteiger partial charge in [-0.1, -0.05) is 34.8 Å². The molecule has 0 spiro atoms. The predicted molar refractivity (Wildman–Crippen MR) is 51.0 cm³/mol. The van der Waals surface area contributed by atoms with Crippen molar-refractivity contribution in [2.24, 2.45) is 0 Å². The van der Waals surface area contributed by atoms with Crippen LogP contribution in [0.2, 0.25) is 15.1 Å². The molecule has 11 heavy (non-hydrogen) atoms. The minimum atomic E-state index is 0.389. The maximum absolute atomic E-state index is 5.82. The minimum Gasteiger partial charge on any atom is -0.387 e. The second kappa shape index (κ2) is 3.53. The van der Waals surface area contributed by atoms with Gasteiger partial charge in [0.2, 0.25) is 0 Å². The quantitative estimate of drug-likeness (QED) is 0.697. The zero-order chi connectivity index (χ0) is 8.43. The van der Waals surface area contributed by atoms with Crippen molar-refractivity contribution in [3.63, 3.8) is 0 Å². The molecule has 1 aromatic rings. The number of hydrogen-bond donors (Lipinski definition) is 1. The Kier molecular flexibility index (Phi) is 2.88. The number of halogens is 3. The van der Waals surface area contributed by atoms with Crippen molar-refractivity contribution in [2.45, 2.75) is 0 Å². The summed E-state index contributed by atoms with van der Waals surface area (Å²) in [7, 11) is 1.77. The first-order valence-electron chi connectivity index (χ1n) is 2.98. The number of benzene rings is 1. The van der Waals surface area contributed by atoms with Gasteiger partial charge in [0, 0.05) is 7.05 Å². The fourth-order valence-corrected chi connectivity index (χ4v) is 1.35. The molecule has 0 bridgehead atoms. The molecule has 1 aromatic carbocycles. The van der Waals surface area contributed by atoms with Crippen LogP contribution in [0.3, 0.4) is 0 Å². The van der Waals surface area contributed by atoms with Gasteiger partial charge in [-0.3, -0.25) is 0 Å². The standard InChI is InChI=1S/C7H6Cl3N/c1-11-5-3-2-4(8)6(9)7(5)10/h2-3,11H,1H3. The van der Waals surface area contributed by atoms with E-state index in [-0.39, 0.29) is 0 Å². The lowest BCUT2D eigenvalue weighted by Gasteiger charge is -2.05. The van der Waals surface area contributed by atoms with Crippen molar-refractivity contribution in [1.29, 1.82) is 0 Å². The molecule has 0 amide bonds. The van der Waals surface area contributed by atoms with Crippen LogP contribution in [0.15, 0.2) is 12.1 Å². The molecule has 1 rings (SSSR count). The van der Waals surface area contributed by atoms with Gasteiger partial charge in [0.05, 0.1) is 20.8 Å². The molecule has 60 valence electrons. The first-order valence-corrected chi connectivity index (χ1v) is 4.11. The second-order valence-corrected chi connectivity index (χ2v) is 3.14. The van der Waals surface area contributed by atoms with Gasteiger partial charge in [-0.05, 0) is 12.1 Å². The fourth-order valence-electron chi connectivity index (χ4n) is 0.719. The second-order valence-electron chi connectivity index (χ2n) is 1.97. The van der Waals surface area contributed by atoms with Crippen molar-refractivity contribution < 1.29 is 0 Å². The summed E-state index contributed by atoms with van der Waals surface area (Å²) in [6.07, 6.45) is 0. The summed E-state index contributed by atoms with van der Waals surface area (Å²) in [5, 5.41) is 4.21. The Labute approximate surface area is 80.3 Å². The summed E-state index contributed by atoms with van der Waals surface area (Å²) in [5.74, 6) is 0. The zero-order valence-electron chi connectivity index (χ0n) is 5.79. The van der Waals surface area contributed by atoms with Crippen LogP contribution in [0.1, 0.15) is 0 Å². The molecule has 0 unspecified atom stereocenters. The predicted octanol–water partition coefficient (Wildman–Crippen LogP) is 3.69. The Morgan fingerprint density at radius 2 is 1.73 bits per heavy atom. The normalized spacial score (nSPS) is 9.82. The maximum atomic E-state index is 5.82. The highest BCUT2D eigenvalue weighted by atomic mass is 35.5. The van der Waals surface area contributed by atoms with E-state index in [0.29, 0.717) is 15.1 Å². The molecule has 1 nitrogen and oxygen atoms in total. The van der Waals surface area contributed by atoms with Crippen LogP contribution < -0.4 is 5.32 Å². The summed E-state index contributed by atoms with van der Waals surface area (Å²) in [6.45, 7) is 0. The van der Waals surface area contributed by atoms with Crippen molar-refractivity contribution in [3.8, 4) is 0 Å². The maximum Gasteiger partial charge on any atom is 0.0838 e. The molecule has 0 aliphatic rings. The molecule has 0 fully saturated rings. The number of nitrogens with one attached hydrogen (secondary N) is 1. The van der Waals surface area contributed by atoms with Crippen molar-refractivity contribution in [2.75, 3.05) is 12.4 Å². The third-order valence-corrected chi connectivity index (χ3v) is 2.60. The zero-order valence-corrected chi connectivity index (χ0v) is 8.06. The third-order valence-electron chi connectivity index (χ3n) is 1.30. The fraction of sp³-hybridized carbons (Fsp3) is 0.143. The van der Waals surface area contributed by atoms with Crippen LogP contribution in [0.5, 0.6) is 0 Å². The van der Waals surface area contributed by atoms with Gasteiger partial charge in [-0.15, -0.1) is 0 Å². The molecule has 0 saturated carbocycles. The summed E-state index contributed by atoms with van der Waals surface area (Å²) in [6, 6.07) is 3.47. The Bertz CT molecular complexity index is 273. The topological polar surface area (TPSA) is 12.0 Å². The van der Waals surface area contributed by atoms with Gasteiger partial charge in [-0.2, -0.15) is 0 Å². The minimum absolute atomic E-state index is 0.389. The molecule has 0 saturated heterocycles. The van der Waals surface area contributed by atoms with Crippen LogP contribution in [0.4, 0.5) is 5.69 Å².